The van der Waals surface area contributed by atoms with Gasteiger partial charge in [-0.2, -0.15) is 0 Å². The number of benzene rings is 1. The summed E-state index contributed by atoms with van der Waals surface area (Å²) in [4.78, 5) is 5.92. The number of ether oxygens (including phenoxy) is 1. The van der Waals surface area contributed by atoms with E-state index >= 15 is 0 Å². The van der Waals surface area contributed by atoms with Crippen LogP contribution in [0, 0.1) is 11.7 Å². The average molecular weight is 318 g/mol. The Balaban J connectivity index is 2.16. The highest BCUT2D eigenvalue weighted by atomic mass is 32.1. The predicted octanol–water partition coefficient (Wildman–Crippen LogP) is 5.08. The molecular formula is C16H18N2OS2. The van der Waals surface area contributed by atoms with Gasteiger partial charge in [-0.1, -0.05) is 6.07 Å². The Morgan fingerprint density at radius 3 is 2.81 bits per heavy atom. The molecule has 5 heteroatoms. The van der Waals surface area contributed by atoms with Crippen LogP contribution in [-0.4, -0.2) is 16.2 Å². The maximum absolute atomic E-state index is 5.69. The number of hydrogen-bond donors (Lipinski definition) is 1. The summed E-state index contributed by atoms with van der Waals surface area (Å²) in [6.45, 7) is 6.94. The molecule has 2 aromatic heterocycles. The molecule has 0 aliphatic carbocycles. The van der Waals surface area contributed by atoms with Crippen molar-refractivity contribution in [1.29, 1.82) is 0 Å². The number of thiophene rings is 1. The summed E-state index contributed by atoms with van der Waals surface area (Å²) >= 11 is 7.35. The van der Waals surface area contributed by atoms with Gasteiger partial charge in [-0.25, -0.2) is 0 Å². The SMILES string of the molecule is CCOc1cccc2c1[nH]c(=S)n2C(C)c1ccc(C)s1. The number of rotatable bonds is 4. The van der Waals surface area contributed by atoms with E-state index in [1.165, 1.54) is 9.75 Å². The highest BCUT2D eigenvalue weighted by Crippen LogP contribution is 2.32. The molecule has 21 heavy (non-hydrogen) atoms. The fourth-order valence-corrected chi connectivity index (χ4v) is 3.87. The summed E-state index contributed by atoms with van der Waals surface area (Å²) < 4.78 is 8.59. The van der Waals surface area contributed by atoms with Crippen molar-refractivity contribution in [3.8, 4) is 5.75 Å². The normalized spacial score (nSPS) is 12.7. The van der Waals surface area contributed by atoms with Crippen molar-refractivity contribution in [2.24, 2.45) is 0 Å². The minimum atomic E-state index is 0.210. The van der Waals surface area contributed by atoms with Crippen molar-refractivity contribution in [2.45, 2.75) is 26.8 Å². The second kappa shape index (κ2) is 5.66. The molecule has 1 unspecified atom stereocenters. The van der Waals surface area contributed by atoms with E-state index in [0.717, 1.165) is 21.6 Å². The second-order valence-electron chi connectivity index (χ2n) is 5.01. The Morgan fingerprint density at radius 1 is 1.33 bits per heavy atom. The van der Waals surface area contributed by atoms with Crippen molar-refractivity contribution < 1.29 is 4.74 Å². The number of aromatic amines is 1. The standard InChI is InChI=1S/C16H18N2OS2/c1-4-19-13-7-5-6-12-15(13)17-16(20)18(12)11(3)14-9-8-10(2)21-14/h5-9,11H,4H2,1-3H3,(H,17,20). The van der Waals surface area contributed by atoms with Gasteiger partial charge in [-0.15, -0.1) is 11.3 Å². The summed E-state index contributed by atoms with van der Waals surface area (Å²) in [7, 11) is 0. The largest absolute Gasteiger partial charge is 0.492 e. The number of nitrogens with zero attached hydrogens (tertiary/aromatic N) is 1. The molecule has 0 aliphatic rings. The third kappa shape index (κ3) is 2.51. The first-order valence-corrected chi connectivity index (χ1v) is 8.26. The first-order chi connectivity index (χ1) is 10.1. The average Bonchev–Trinajstić information content (AvgIpc) is 3.02. The van der Waals surface area contributed by atoms with Crippen molar-refractivity contribution in [3.05, 3.63) is 44.9 Å². The lowest BCUT2D eigenvalue weighted by atomic mass is 10.2. The topological polar surface area (TPSA) is 29.9 Å². The molecule has 1 aromatic carbocycles. The first-order valence-electron chi connectivity index (χ1n) is 7.04. The molecule has 3 aromatic rings. The minimum absolute atomic E-state index is 0.210. The van der Waals surface area contributed by atoms with Gasteiger partial charge in [0.2, 0.25) is 0 Å². The number of aryl methyl sites for hydroxylation is 1. The number of para-hydroxylation sites is 1. The van der Waals surface area contributed by atoms with Crippen LogP contribution in [-0.2, 0) is 0 Å². The quantitative estimate of drug-likeness (QED) is 0.680. The van der Waals surface area contributed by atoms with Gasteiger partial charge in [-0.3, -0.25) is 0 Å². The fraction of sp³-hybridized carbons (Fsp3) is 0.312. The third-order valence-corrected chi connectivity index (χ3v) is 5.04. The van der Waals surface area contributed by atoms with Gasteiger partial charge in [0.15, 0.2) is 4.77 Å². The van der Waals surface area contributed by atoms with E-state index < -0.39 is 0 Å². The van der Waals surface area contributed by atoms with Gasteiger partial charge >= 0.3 is 0 Å². The van der Waals surface area contributed by atoms with Crippen molar-refractivity contribution >= 4 is 34.6 Å². The van der Waals surface area contributed by atoms with E-state index in [1.54, 1.807) is 0 Å². The molecule has 3 rings (SSSR count). The van der Waals surface area contributed by atoms with Crippen molar-refractivity contribution in [3.63, 3.8) is 0 Å². The van der Waals surface area contributed by atoms with Crippen molar-refractivity contribution in [2.75, 3.05) is 6.61 Å². The lowest BCUT2D eigenvalue weighted by Crippen LogP contribution is -2.05. The molecule has 1 atom stereocenters. The number of imidazole rings is 1. The number of fused-ring (bicyclic) bond motifs is 1. The minimum Gasteiger partial charge on any atom is -0.492 e. The van der Waals surface area contributed by atoms with Crippen LogP contribution < -0.4 is 4.74 Å². The fourth-order valence-electron chi connectivity index (χ4n) is 2.59. The zero-order chi connectivity index (χ0) is 15.0. The smallest absolute Gasteiger partial charge is 0.178 e. The summed E-state index contributed by atoms with van der Waals surface area (Å²) in [6.07, 6.45) is 0. The van der Waals surface area contributed by atoms with Crippen LogP contribution in [0.25, 0.3) is 11.0 Å². The van der Waals surface area contributed by atoms with Crippen LogP contribution in [0.3, 0.4) is 0 Å². The Labute approximate surface area is 133 Å². The molecule has 0 bridgehead atoms. The third-order valence-electron chi connectivity index (χ3n) is 3.57. The molecule has 110 valence electrons. The summed E-state index contributed by atoms with van der Waals surface area (Å²) in [6, 6.07) is 10.6. The second-order valence-corrected chi connectivity index (χ2v) is 6.71. The molecule has 3 nitrogen and oxygen atoms in total. The van der Waals surface area contributed by atoms with E-state index in [-0.39, 0.29) is 6.04 Å². The molecule has 0 amide bonds. The number of hydrogen-bond acceptors (Lipinski definition) is 3. The van der Waals surface area contributed by atoms with E-state index in [4.69, 9.17) is 17.0 Å². The molecule has 2 heterocycles. The predicted molar refractivity (Wildman–Crippen MR) is 91.2 cm³/mol. The van der Waals surface area contributed by atoms with Crippen LogP contribution in [0.5, 0.6) is 5.75 Å². The molecular weight excluding hydrogens is 300 g/mol. The lowest BCUT2D eigenvalue weighted by molar-refractivity contribution is 0.343. The van der Waals surface area contributed by atoms with Crippen LogP contribution in [0.2, 0.25) is 0 Å². The Bertz CT molecular complexity index is 828. The zero-order valence-corrected chi connectivity index (χ0v) is 14.0. The highest BCUT2D eigenvalue weighted by Gasteiger charge is 2.16. The number of H-pyrrole nitrogens is 1. The van der Waals surface area contributed by atoms with Crippen LogP contribution in [0.15, 0.2) is 30.3 Å². The van der Waals surface area contributed by atoms with E-state index in [2.05, 4.69) is 41.6 Å². The summed E-state index contributed by atoms with van der Waals surface area (Å²) in [5, 5.41) is 0. The summed E-state index contributed by atoms with van der Waals surface area (Å²) in [5.41, 5.74) is 2.06. The molecule has 0 spiro atoms. The van der Waals surface area contributed by atoms with Crippen LogP contribution >= 0.6 is 23.6 Å². The Hall–Kier alpha value is -1.59. The molecule has 0 aliphatic heterocycles. The van der Waals surface area contributed by atoms with Crippen LogP contribution in [0.1, 0.15) is 29.6 Å². The first kappa shape index (κ1) is 14.4. The Morgan fingerprint density at radius 2 is 2.14 bits per heavy atom. The molecule has 0 radical (unpaired) electrons. The maximum Gasteiger partial charge on any atom is 0.178 e. The van der Waals surface area contributed by atoms with Crippen molar-refractivity contribution in [1.82, 2.24) is 9.55 Å². The highest BCUT2D eigenvalue weighted by molar-refractivity contribution is 7.71. The zero-order valence-electron chi connectivity index (χ0n) is 12.3. The molecule has 0 saturated heterocycles. The van der Waals surface area contributed by atoms with Gasteiger partial charge in [0.25, 0.3) is 0 Å². The number of nitrogens with one attached hydrogen (secondary N) is 1. The van der Waals surface area contributed by atoms with Gasteiger partial charge in [0.1, 0.15) is 11.3 Å². The Kier molecular flexibility index (Phi) is 3.87. The maximum atomic E-state index is 5.69. The summed E-state index contributed by atoms with van der Waals surface area (Å²) in [5.74, 6) is 0.856. The van der Waals surface area contributed by atoms with E-state index in [9.17, 15) is 0 Å². The van der Waals surface area contributed by atoms with E-state index in [1.807, 2.05) is 30.4 Å². The lowest BCUT2D eigenvalue weighted by Gasteiger charge is -2.13. The van der Waals surface area contributed by atoms with Gasteiger partial charge < -0.3 is 14.3 Å². The molecule has 0 fully saturated rings. The van der Waals surface area contributed by atoms with E-state index in [0.29, 0.717) is 6.61 Å². The monoisotopic (exact) mass is 318 g/mol. The van der Waals surface area contributed by atoms with Crippen LogP contribution in [0.4, 0.5) is 0 Å². The van der Waals surface area contributed by atoms with Gasteiger partial charge in [0, 0.05) is 9.75 Å². The number of aromatic nitrogens is 2. The molecule has 0 saturated carbocycles. The van der Waals surface area contributed by atoms with Gasteiger partial charge in [0.05, 0.1) is 18.2 Å². The van der Waals surface area contributed by atoms with Gasteiger partial charge in [-0.05, 0) is 57.3 Å². The molecule has 1 N–H and O–H groups in total.